The Morgan fingerprint density at radius 1 is 1.19 bits per heavy atom. The van der Waals surface area contributed by atoms with E-state index in [-0.39, 0.29) is 36.8 Å². The van der Waals surface area contributed by atoms with Gasteiger partial charge in [-0.3, -0.25) is 4.79 Å². The highest BCUT2D eigenvalue weighted by molar-refractivity contribution is 7.09. The van der Waals surface area contributed by atoms with Gasteiger partial charge in [0.15, 0.2) is 0 Å². The lowest BCUT2D eigenvalue weighted by Gasteiger charge is -2.32. The summed E-state index contributed by atoms with van der Waals surface area (Å²) in [5.41, 5.74) is 6.37. The molecule has 0 radical (unpaired) electrons. The molecule has 2 heterocycles. The zero-order valence-electron chi connectivity index (χ0n) is 15.2. The molecule has 1 aliphatic heterocycles. The molecule has 6 nitrogen and oxygen atoms in total. The van der Waals surface area contributed by atoms with Gasteiger partial charge in [-0.2, -0.15) is 4.37 Å². The molecule has 1 amide bonds. The topological polar surface area (TPSA) is 75.4 Å². The molecule has 4 unspecified atom stereocenters. The maximum Gasteiger partial charge on any atom is 0.227 e. The lowest BCUT2D eigenvalue weighted by atomic mass is 9.84. The van der Waals surface area contributed by atoms with Crippen LogP contribution in [0.4, 0.5) is 5.13 Å². The highest BCUT2D eigenvalue weighted by Crippen LogP contribution is 2.48. The number of aryl methyl sites for hydroxylation is 1. The summed E-state index contributed by atoms with van der Waals surface area (Å²) in [5.74, 6) is 2.42. The summed E-state index contributed by atoms with van der Waals surface area (Å²) >= 11 is 1.48. The van der Waals surface area contributed by atoms with E-state index in [0.29, 0.717) is 17.7 Å². The van der Waals surface area contributed by atoms with E-state index in [4.69, 9.17) is 5.73 Å². The third kappa shape index (κ3) is 3.96. The molecule has 0 spiro atoms. The van der Waals surface area contributed by atoms with Gasteiger partial charge >= 0.3 is 0 Å². The third-order valence-electron chi connectivity index (χ3n) is 6.12. The van der Waals surface area contributed by atoms with Crippen LogP contribution in [-0.2, 0) is 11.2 Å². The monoisotopic (exact) mass is 421 g/mol. The van der Waals surface area contributed by atoms with E-state index < -0.39 is 0 Å². The van der Waals surface area contributed by atoms with Gasteiger partial charge in [-0.1, -0.05) is 6.92 Å². The van der Waals surface area contributed by atoms with E-state index in [9.17, 15) is 4.79 Å². The highest BCUT2D eigenvalue weighted by Gasteiger charge is 2.50. The van der Waals surface area contributed by atoms with Crippen molar-refractivity contribution >= 4 is 47.4 Å². The van der Waals surface area contributed by atoms with Crippen molar-refractivity contribution in [3.63, 3.8) is 0 Å². The average Bonchev–Trinajstić information content (AvgIpc) is 3.27. The van der Waals surface area contributed by atoms with Crippen molar-refractivity contribution in [3.05, 3.63) is 5.82 Å². The van der Waals surface area contributed by atoms with Crippen LogP contribution in [0.15, 0.2) is 0 Å². The fourth-order valence-corrected chi connectivity index (χ4v) is 5.56. The lowest BCUT2D eigenvalue weighted by Crippen LogP contribution is -2.48. The maximum atomic E-state index is 13.0. The van der Waals surface area contributed by atoms with Crippen molar-refractivity contribution in [1.82, 2.24) is 14.3 Å². The van der Waals surface area contributed by atoms with Gasteiger partial charge in [0, 0.05) is 50.2 Å². The first-order valence-corrected chi connectivity index (χ1v) is 10.1. The Morgan fingerprint density at radius 3 is 2.62 bits per heavy atom. The number of amides is 1. The van der Waals surface area contributed by atoms with Crippen molar-refractivity contribution in [2.45, 2.75) is 45.1 Å². The molecule has 4 atom stereocenters. The predicted molar refractivity (Wildman–Crippen MR) is 109 cm³/mol. The Morgan fingerprint density at radius 2 is 1.96 bits per heavy atom. The van der Waals surface area contributed by atoms with Crippen molar-refractivity contribution < 1.29 is 4.79 Å². The summed E-state index contributed by atoms with van der Waals surface area (Å²) < 4.78 is 4.39. The Bertz CT molecular complexity index is 614. The standard InChI is InChI=1S/C17H27N5OS.2ClH/c1-2-13-19-17(24-20-13)22-7-3-6-21(8-9-22)16(23)14-11-4-5-12(10-11)15(14)18;;/h11-12,14-15H,2-10,18H2,1H3;2*1H. The SMILES string of the molecule is CCc1nsc(N2CCCN(C(=O)C3C4CCC(C4)C3N)CC2)n1.Cl.Cl. The molecule has 1 aromatic rings. The van der Waals surface area contributed by atoms with Gasteiger partial charge in [0.25, 0.3) is 0 Å². The first kappa shape index (κ1) is 21.7. The fourth-order valence-electron chi connectivity index (χ4n) is 4.76. The number of nitrogens with two attached hydrogens (primary N) is 1. The van der Waals surface area contributed by atoms with Crippen LogP contribution < -0.4 is 10.6 Å². The summed E-state index contributed by atoms with van der Waals surface area (Å²) in [7, 11) is 0. The molecular formula is C17H29Cl2N5OS. The molecule has 9 heteroatoms. The van der Waals surface area contributed by atoms with E-state index >= 15 is 0 Å². The predicted octanol–water partition coefficient (Wildman–Crippen LogP) is 2.36. The van der Waals surface area contributed by atoms with Crippen molar-refractivity contribution in [1.29, 1.82) is 0 Å². The second kappa shape index (κ2) is 9.04. The molecule has 0 aromatic carbocycles. The van der Waals surface area contributed by atoms with Crippen molar-refractivity contribution in [2.75, 3.05) is 31.1 Å². The van der Waals surface area contributed by atoms with Gasteiger partial charge in [-0.05, 0) is 37.5 Å². The molecule has 3 fully saturated rings. The van der Waals surface area contributed by atoms with Crippen LogP contribution in [0.1, 0.15) is 38.4 Å². The number of hydrogen-bond acceptors (Lipinski definition) is 6. The Kier molecular flexibility index (Phi) is 7.53. The van der Waals surface area contributed by atoms with Gasteiger partial charge in [-0.25, -0.2) is 4.98 Å². The van der Waals surface area contributed by atoms with E-state index in [1.54, 1.807) is 0 Å². The number of nitrogens with zero attached hydrogens (tertiary/aromatic N) is 4. The number of carbonyl (C=O) groups excluding carboxylic acids is 1. The van der Waals surface area contributed by atoms with E-state index in [2.05, 4.69) is 26.1 Å². The quantitative estimate of drug-likeness (QED) is 0.810. The number of anilines is 1. The summed E-state index contributed by atoms with van der Waals surface area (Å²) in [6.45, 7) is 5.49. The number of hydrogen-bond donors (Lipinski definition) is 1. The Labute approximate surface area is 171 Å². The van der Waals surface area contributed by atoms with Crippen LogP contribution in [0.25, 0.3) is 0 Å². The minimum atomic E-state index is 0. The first-order valence-electron chi connectivity index (χ1n) is 9.29. The number of halogens is 2. The van der Waals surface area contributed by atoms with Crippen LogP contribution in [0, 0.1) is 17.8 Å². The summed E-state index contributed by atoms with van der Waals surface area (Å²) in [4.78, 5) is 22.0. The van der Waals surface area contributed by atoms with Crippen LogP contribution in [0.2, 0.25) is 0 Å². The average molecular weight is 422 g/mol. The molecule has 2 N–H and O–H groups in total. The minimum Gasteiger partial charge on any atom is -0.345 e. The van der Waals surface area contributed by atoms with Gasteiger partial charge < -0.3 is 15.5 Å². The second-order valence-corrected chi connectivity index (χ2v) is 8.18. The summed E-state index contributed by atoms with van der Waals surface area (Å²) in [5, 5.41) is 0.998. The number of carbonyl (C=O) groups is 1. The van der Waals surface area contributed by atoms with Crippen LogP contribution in [0.3, 0.4) is 0 Å². The molecule has 3 aliphatic rings. The maximum absolute atomic E-state index is 13.0. The molecule has 1 saturated heterocycles. The van der Waals surface area contributed by atoms with Crippen LogP contribution in [-0.4, -0.2) is 52.4 Å². The van der Waals surface area contributed by atoms with E-state index in [1.165, 1.54) is 30.8 Å². The zero-order valence-corrected chi connectivity index (χ0v) is 17.6. The normalized spacial score (nSPS) is 30.5. The first-order chi connectivity index (χ1) is 11.7. The van der Waals surface area contributed by atoms with Crippen LogP contribution >= 0.6 is 36.3 Å². The van der Waals surface area contributed by atoms with Crippen molar-refractivity contribution in [3.8, 4) is 0 Å². The zero-order chi connectivity index (χ0) is 16.7. The lowest BCUT2D eigenvalue weighted by molar-refractivity contribution is -0.137. The summed E-state index contributed by atoms with van der Waals surface area (Å²) in [6, 6.07) is 0.0888. The van der Waals surface area contributed by atoms with Crippen LogP contribution in [0.5, 0.6) is 0 Å². The number of fused-ring (bicyclic) bond motifs is 2. The van der Waals surface area contributed by atoms with Gasteiger partial charge in [0.1, 0.15) is 5.82 Å². The largest absolute Gasteiger partial charge is 0.345 e. The fraction of sp³-hybridized carbons (Fsp3) is 0.824. The molecular weight excluding hydrogens is 393 g/mol. The summed E-state index contributed by atoms with van der Waals surface area (Å²) in [6.07, 6.45) is 5.45. The minimum absolute atomic E-state index is 0. The Balaban J connectivity index is 0.00000121. The van der Waals surface area contributed by atoms with E-state index in [0.717, 1.165) is 50.0 Å². The second-order valence-electron chi connectivity index (χ2n) is 7.45. The molecule has 148 valence electrons. The van der Waals surface area contributed by atoms with Gasteiger partial charge in [0.2, 0.25) is 11.0 Å². The van der Waals surface area contributed by atoms with Crippen molar-refractivity contribution in [2.24, 2.45) is 23.5 Å². The molecule has 2 saturated carbocycles. The molecule has 2 aliphatic carbocycles. The molecule has 2 bridgehead atoms. The molecule has 26 heavy (non-hydrogen) atoms. The molecule has 4 rings (SSSR count). The Hall–Kier alpha value is -0.630. The number of rotatable bonds is 3. The third-order valence-corrected chi connectivity index (χ3v) is 6.93. The van der Waals surface area contributed by atoms with Gasteiger partial charge in [-0.15, -0.1) is 24.8 Å². The number of aromatic nitrogens is 2. The smallest absolute Gasteiger partial charge is 0.227 e. The van der Waals surface area contributed by atoms with E-state index in [1.807, 2.05) is 0 Å². The highest BCUT2D eigenvalue weighted by atomic mass is 35.5. The molecule has 1 aromatic heterocycles. The van der Waals surface area contributed by atoms with Gasteiger partial charge in [0.05, 0.1) is 5.92 Å².